The molecule has 4 rings (SSSR count). The van der Waals surface area contributed by atoms with Gasteiger partial charge in [-0.1, -0.05) is 0 Å². The van der Waals surface area contributed by atoms with Crippen LogP contribution in [0.2, 0.25) is 0 Å². The van der Waals surface area contributed by atoms with Gasteiger partial charge in [-0.15, -0.1) is 0 Å². The van der Waals surface area contributed by atoms with Gasteiger partial charge in [0.25, 0.3) is 5.91 Å². The molecular formula is C22H21N7O. The molecule has 0 bridgehead atoms. The van der Waals surface area contributed by atoms with Crippen LogP contribution in [0.25, 0.3) is 0 Å². The van der Waals surface area contributed by atoms with Crippen LogP contribution in [0, 0.1) is 30.6 Å². The average Bonchev–Trinajstić information content (AvgIpc) is 3.49. The first-order chi connectivity index (χ1) is 14.5. The largest absolute Gasteiger partial charge is 0.352 e. The lowest BCUT2D eigenvalue weighted by atomic mass is 10.0. The van der Waals surface area contributed by atoms with E-state index in [1.165, 1.54) is 12.4 Å². The lowest BCUT2D eigenvalue weighted by Crippen LogP contribution is -2.16. The van der Waals surface area contributed by atoms with Gasteiger partial charge in [-0.25, -0.2) is 4.98 Å². The van der Waals surface area contributed by atoms with E-state index in [0.29, 0.717) is 34.1 Å². The molecule has 8 nitrogen and oxygen atoms in total. The van der Waals surface area contributed by atoms with Crippen LogP contribution in [0.5, 0.6) is 0 Å². The molecule has 150 valence electrons. The van der Waals surface area contributed by atoms with E-state index in [1.54, 1.807) is 38.2 Å². The monoisotopic (exact) mass is 399 g/mol. The summed E-state index contributed by atoms with van der Waals surface area (Å²) < 4.78 is 1.94. The zero-order valence-corrected chi connectivity index (χ0v) is 16.7. The van der Waals surface area contributed by atoms with Crippen LogP contribution in [0.3, 0.4) is 0 Å². The van der Waals surface area contributed by atoms with Crippen LogP contribution < -0.4 is 10.6 Å². The number of hydrogen-bond acceptors (Lipinski definition) is 6. The summed E-state index contributed by atoms with van der Waals surface area (Å²) in [6.07, 6.45) is 8.68. The molecule has 1 fully saturated rings. The number of pyridine rings is 1. The number of aromatic nitrogens is 3. The van der Waals surface area contributed by atoms with Gasteiger partial charge in [-0.05, 0) is 56.0 Å². The minimum absolute atomic E-state index is 0.280. The highest BCUT2D eigenvalue weighted by molar-refractivity contribution is 6.04. The van der Waals surface area contributed by atoms with Gasteiger partial charge >= 0.3 is 0 Å². The fourth-order valence-corrected chi connectivity index (χ4v) is 3.20. The van der Waals surface area contributed by atoms with Gasteiger partial charge in [-0.3, -0.25) is 9.48 Å². The topological polar surface area (TPSA) is 119 Å². The summed E-state index contributed by atoms with van der Waals surface area (Å²) in [6, 6.07) is 7.84. The van der Waals surface area contributed by atoms with E-state index in [1.807, 2.05) is 10.9 Å². The minimum atomic E-state index is -0.352. The summed E-state index contributed by atoms with van der Waals surface area (Å²) in [5.74, 6) is -0.352. The Morgan fingerprint density at radius 2 is 2.07 bits per heavy atom. The third kappa shape index (κ3) is 3.78. The van der Waals surface area contributed by atoms with Crippen molar-refractivity contribution in [3.63, 3.8) is 0 Å². The molecule has 0 radical (unpaired) electrons. The summed E-state index contributed by atoms with van der Waals surface area (Å²) in [7, 11) is 0. The van der Waals surface area contributed by atoms with Crippen LogP contribution in [0.15, 0.2) is 36.8 Å². The average molecular weight is 399 g/mol. The second kappa shape index (κ2) is 7.79. The molecule has 30 heavy (non-hydrogen) atoms. The first-order valence-electron chi connectivity index (χ1n) is 9.63. The Bertz CT molecular complexity index is 1180. The smallest absolute Gasteiger partial charge is 0.274 e. The van der Waals surface area contributed by atoms with Gasteiger partial charge in [0, 0.05) is 35.5 Å². The van der Waals surface area contributed by atoms with Gasteiger partial charge in [0.05, 0.1) is 23.5 Å². The Morgan fingerprint density at radius 1 is 1.27 bits per heavy atom. The third-order valence-corrected chi connectivity index (χ3v) is 5.25. The lowest BCUT2D eigenvalue weighted by molar-refractivity contribution is 0.102. The van der Waals surface area contributed by atoms with Crippen molar-refractivity contribution in [3.05, 3.63) is 64.7 Å². The molecule has 0 spiro atoms. The van der Waals surface area contributed by atoms with Crippen LogP contribution in [0.4, 0.5) is 17.1 Å². The molecule has 2 aromatic heterocycles. The maximum atomic E-state index is 12.8. The summed E-state index contributed by atoms with van der Waals surface area (Å²) in [5.41, 5.74) is 4.94. The Balaban J connectivity index is 1.56. The third-order valence-electron chi connectivity index (χ3n) is 5.25. The van der Waals surface area contributed by atoms with Gasteiger partial charge in [0.15, 0.2) is 0 Å². The first-order valence-corrected chi connectivity index (χ1v) is 9.63. The molecule has 2 heterocycles. The van der Waals surface area contributed by atoms with Crippen LogP contribution >= 0.6 is 0 Å². The van der Waals surface area contributed by atoms with Crippen LogP contribution in [-0.4, -0.2) is 26.9 Å². The molecule has 0 atom stereocenters. The fourth-order valence-electron chi connectivity index (χ4n) is 3.20. The highest BCUT2D eigenvalue weighted by Crippen LogP contribution is 2.35. The number of carbonyl (C=O) groups excluding carboxylic acids is 1. The predicted molar refractivity (Wildman–Crippen MR) is 114 cm³/mol. The van der Waals surface area contributed by atoms with E-state index >= 15 is 0 Å². The molecule has 8 heteroatoms. The number of benzene rings is 1. The zero-order chi connectivity index (χ0) is 21.3. The van der Waals surface area contributed by atoms with Crippen molar-refractivity contribution in [3.8, 4) is 6.07 Å². The highest BCUT2D eigenvalue weighted by Gasteiger charge is 2.24. The number of anilines is 3. The summed E-state index contributed by atoms with van der Waals surface area (Å²) >= 11 is 0. The Hall–Kier alpha value is -3.99. The van der Waals surface area contributed by atoms with E-state index in [4.69, 9.17) is 10.7 Å². The van der Waals surface area contributed by atoms with E-state index < -0.39 is 0 Å². The first kappa shape index (κ1) is 19.3. The molecule has 0 unspecified atom stereocenters. The Morgan fingerprint density at radius 3 is 2.77 bits per heavy atom. The Kier molecular flexibility index (Phi) is 5.02. The van der Waals surface area contributed by atoms with Gasteiger partial charge in [-0.2, -0.15) is 10.4 Å². The van der Waals surface area contributed by atoms with E-state index in [9.17, 15) is 4.79 Å². The SMILES string of the molecule is Cc1c(C#N)cnc(C(=O)Nc2ccc(C=N)c(Nc3cnn(C4CC4)c3)c2)c1C. The Labute approximate surface area is 174 Å². The second-order valence-electron chi connectivity index (χ2n) is 7.35. The van der Waals surface area contributed by atoms with Crippen molar-refractivity contribution in [1.82, 2.24) is 14.8 Å². The lowest BCUT2D eigenvalue weighted by Gasteiger charge is -2.13. The standard InChI is InChI=1S/C22H21N7O/c1-13-14(2)21(25-10-16(13)9-24)22(30)28-17-4-3-15(8-23)20(7-17)27-18-11-26-29(12-18)19-5-6-19/h3-4,7-8,10-12,19,23,27H,5-6H2,1-2H3,(H,28,30). The van der Waals surface area contributed by atoms with Crippen molar-refractivity contribution in [2.24, 2.45) is 0 Å². The number of nitrogens with one attached hydrogen (secondary N) is 3. The van der Waals surface area contributed by atoms with Crippen molar-refractivity contribution < 1.29 is 4.79 Å². The number of amides is 1. The van der Waals surface area contributed by atoms with E-state index in [2.05, 4.69) is 26.8 Å². The summed E-state index contributed by atoms with van der Waals surface area (Å²) in [5, 5.41) is 27.3. The minimum Gasteiger partial charge on any atom is -0.352 e. The van der Waals surface area contributed by atoms with Crippen LogP contribution in [0.1, 0.15) is 51.6 Å². The molecule has 1 aliphatic carbocycles. The molecule has 3 aromatic rings. The van der Waals surface area contributed by atoms with Gasteiger partial charge in [0.2, 0.25) is 0 Å². The van der Waals surface area contributed by atoms with Gasteiger partial charge < -0.3 is 16.0 Å². The second-order valence-corrected chi connectivity index (χ2v) is 7.35. The fraction of sp³-hybridized carbons (Fsp3) is 0.227. The molecule has 1 saturated carbocycles. The molecule has 1 amide bonds. The van der Waals surface area contributed by atoms with Crippen molar-refractivity contribution >= 4 is 29.2 Å². The maximum Gasteiger partial charge on any atom is 0.274 e. The molecule has 0 aliphatic heterocycles. The van der Waals surface area contributed by atoms with E-state index in [0.717, 1.165) is 24.1 Å². The molecule has 0 saturated heterocycles. The predicted octanol–water partition coefficient (Wildman–Crippen LogP) is 4.10. The maximum absolute atomic E-state index is 12.8. The number of rotatable bonds is 6. The molecule has 1 aromatic carbocycles. The number of nitriles is 1. The number of carbonyl (C=O) groups is 1. The molecule has 3 N–H and O–H groups in total. The quantitative estimate of drug-likeness (QED) is 0.539. The molecular weight excluding hydrogens is 378 g/mol. The zero-order valence-electron chi connectivity index (χ0n) is 16.7. The van der Waals surface area contributed by atoms with Crippen molar-refractivity contribution in [1.29, 1.82) is 10.7 Å². The summed E-state index contributed by atoms with van der Waals surface area (Å²) in [4.78, 5) is 16.9. The van der Waals surface area contributed by atoms with Crippen LogP contribution in [-0.2, 0) is 0 Å². The summed E-state index contributed by atoms with van der Waals surface area (Å²) in [6.45, 7) is 3.58. The van der Waals surface area contributed by atoms with Crippen molar-refractivity contribution in [2.75, 3.05) is 10.6 Å². The van der Waals surface area contributed by atoms with Crippen molar-refractivity contribution in [2.45, 2.75) is 32.7 Å². The van der Waals surface area contributed by atoms with E-state index in [-0.39, 0.29) is 11.6 Å². The normalized spacial score (nSPS) is 12.8. The van der Waals surface area contributed by atoms with Gasteiger partial charge in [0.1, 0.15) is 11.8 Å². The highest BCUT2D eigenvalue weighted by atomic mass is 16.1. The number of nitrogens with zero attached hydrogens (tertiary/aromatic N) is 4. The molecule has 1 aliphatic rings. The number of hydrogen-bond donors (Lipinski definition) is 3.